The molecule has 2 aliphatic rings. The van der Waals surface area contributed by atoms with Crippen molar-refractivity contribution in [3.8, 4) is 5.69 Å². The Morgan fingerprint density at radius 3 is 2.52 bits per heavy atom. The molecule has 2 N–H and O–H groups in total. The summed E-state index contributed by atoms with van der Waals surface area (Å²) in [7, 11) is 0. The van der Waals surface area contributed by atoms with Crippen LogP contribution in [0.4, 0.5) is 10.5 Å². The van der Waals surface area contributed by atoms with Crippen molar-refractivity contribution in [1.29, 1.82) is 0 Å². The molecule has 1 aromatic carbocycles. The van der Waals surface area contributed by atoms with E-state index in [4.69, 9.17) is 0 Å². The Balaban J connectivity index is 1.49. The number of amides is 4. The molecule has 1 saturated carbocycles. The predicted molar refractivity (Wildman–Crippen MR) is 108 cm³/mol. The zero-order valence-electron chi connectivity index (χ0n) is 16.7. The smallest absolute Gasteiger partial charge is 0.323 e. The van der Waals surface area contributed by atoms with Crippen LogP contribution < -0.4 is 10.6 Å². The third-order valence-corrected chi connectivity index (χ3v) is 5.81. The second-order valence-electron chi connectivity index (χ2n) is 7.81. The summed E-state index contributed by atoms with van der Waals surface area (Å²) in [5.74, 6) is -0.703. The van der Waals surface area contributed by atoms with Crippen molar-refractivity contribution in [1.82, 2.24) is 20.0 Å². The van der Waals surface area contributed by atoms with Crippen LogP contribution in [-0.4, -0.2) is 44.6 Å². The summed E-state index contributed by atoms with van der Waals surface area (Å²) in [6, 6.07) is 9.14. The lowest BCUT2D eigenvalue weighted by molar-refractivity contribution is -0.134. The highest BCUT2D eigenvalue weighted by atomic mass is 16.2. The van der Waals surface area contributed by atoms with Crippen molar-refractivity contribution >= 4 is 23.5 Å². The zero-order chi connectivity index (χ0) is 20.6. The number of hydrogen-bond donors (Lipinski definition) is 2. The van der Waals surface area contributed by atoms with Crippen LogP contribution in [0.2, 0.25) is 0 Å². The summed E-state index contributed by atoms with van der Waals surface area (Å²) in [6.45, 7) is 3.38. The molecule has 0 unspecified atom stereocenters. The SMILES string of the molecule is Cc1nn(-c2ccccc2)c(C)c1NC(=O)CN1C(=O)NC2(CCCCC2)C1=O. The van der Waals surface area contributed by atoms with Crippen molar-refractivity contribution in [2.24, 2.45) is 0 Å². The molecule has 8 heteroatoms. The van der Waals surface area contributed by atoms with Gasteiger partial charge in [-0.25, -0.2) is 9.48 Å². The van der Waals surface area contributed by atoms with Gasteiger partial charge in [0.25, 0.3) is 5.91 Å². The summed E-state index contributed by atoms with van der Waals surface area (Å²) in [4.78, 5) is 38.9. The first kappa shape index (κ1) is 19.2. The predicted octanol–water partition coefficient (Wildman–Crippen LogP) is 2.68. The minimum absolute atomic E-state index is 0.286. The molecule has 0 bridgehead atoms. The standard InChI is InChI=1S/C21H25N5O3/c1-14-18(15(2)26(24-14)16-9-5-3-6-10-16)22-17(27)13-25-19(28)21(23-20(25)29)11-7-4-8-12-21/h3,5-6,9-10H,4,7-8,11-13H2,1-2H3,(H,22,27)(H,23,29). The molecule has 2 heterocycles. The summed E-state index contributed by atoms with van der Waals surface area (Å²) in [5.41, 5.74) is 2.11. The van der Waals surface area contributed by atoms with E-state index >= 15 is 0 Å². The molecule has 4 amide bonds. The molecular formula is C21H25N5O3. The lowest BCUT2D eigenvalue weighted by Crippen LogP contribution is -2.48. The van der Waals surface area contributed by atoms with Gasteiger partial charge in [-0.3, -0.25) is 14.5 Å². The number of carbonyl (C=O) groups excluding carboxylic acids is 3. The summed E-state index contributed by atoms with van der Waals surface area (Å²) >= 11 is 0. The largest absolute Gasteiger partial charge is 0.325 e. The summed E-state index contributed by atoms with van der Waals surface area (Å²) < 4.78 is 1.76. The fraction of sp³-hybridized carbons (Fsp3) is 0.429. The molecule has 1 saturated heterocycles. The third-order valence-electron chi connectivity index (χ3n) is 5.81. The number of para-hydroxylation sites is 1. The topological polar surface area (TPSA) is 96.3 Å². The maximum Gasteiger partial charge on any atom is 0.325 e. The first-order valence-corrected chi connectivity index (χ1v) is 9.97. The first-order valence-electron chi connectivity index (χ1n) is 9.97. The number of imide groups is 1. The number of rotatable bonds is 4. The third kappa shape index (κ3) is 3.39. The highest BCUT2D eigenvalue weighted by Crippen LogP contribution is 2.33. The number of benzene rings is 1. The Labute approximate surface area is 169 Å². The normalized spacial score (nSPS) is 18.2. The van der Waals surface area contributed by atoms with Crippen molar-refractivity contribution in [3.05, 3.63) is 41.7 Å². The van der Waals surface area contributed by atoms with Gasteiger partial charge in [0.1, 0.15) is 12.1 Å². The fourth-order valence-electron chi connectivity index (χ4n) is 4.28. The van der Waals surface area contributed by atoms with E-state index in [9.17, 15) is 14.4 Å². The van der Waals surface area contributed by atoms with Crippen LogP contribution in [0.5, 0.6) is 0 Å². The Morgan fingerprint density at radius 1 is 1.14 bits per heavy atom. The highest BCUT2D eigenvalue weighted by molar-refractivity contribution is 6.10. The molecule has 1 spiro atoms. The van der Waals surface area contributed by atoms with Crippen LogP contribution >= 0.6 is 0 Å². The van der Waals surface area contributed by atoms with E-state index in [1.54, 1.807) is 4.68 Å². The molecule has 0 radical (unpaired) electrons. The van der Waals surface area contributed by atoms with Crippen LogP contribution in [0.15, 0.2) is 30.3 Å². The molecule has 2 fully saturated rings. The summed E-state index contributed by atoms with van der Waals surface area (Å²) in [6.07, 6.45) is 4.15. The lowest BCUT2D eigenvalue weighted by atomic mass is 9.82. The van der Waals surface area contributed by atoms with E-state index in [-0.39, 0.29) is 12.5 Å². The zero-order valence-corrected chi connectivity index (χ0v) is 16.7. The fourth-order valence-corrected chi connectivity index (χ4v) is 4.28. The van der Waals surface area contributed by atoms with E-state index in [2.05, 4.69) is 15.7 Å². The van der Waals surface area contributed by atoms with Gasteiger partial charge in [0.15, 0.2) is 0 Å². The number of aryl methyl sites for hydroxylation is 1. The van der Waals surface area contributed by atoms with Gasteiger partial charge in [-0.1, -0.05) is 37.5 Å². The number of nitrogens with zero attached hydrogens (tertiary/aromatic N) is 3. The Hall–Kier alpha value is -3.16. The van der Waals surface area contributed by atoms with Gasteiger partial charge in [0, 0.05) is 0 Å². The number of hydrogen-bond acceptors (Lipinski definition) is 4. The van der Waals surface area contributed by atoms with Gasteiger partial charge in [-0.15, -0.1) is 0 Å². The number of nitrogens with one attached hydrogen (secondary N) is 2. The van der Waals surface area contributed by atoms with Crippen molar-refractivity contribution in [3.63, 3.8) is 0 Å². The molecule has 4 rings (SSSR count). The van der Waals surface area contributed by atoms with E-state index in [0.29, 0.717) is 24.2 Å². The van der Waals surface area contributed by atoms with Crippen LogP contribution in [0.3, 0.4) is 0 Å². The molecule has 1 aromatic heterocycles. The summed E-state index contributed by atoms with van der Waals surface area (Å²) in [5, 5.41) is 10.2. The number of carbonyl (C=O) groups is 3. The van der Waals surface area contributed by atoms with Crippen LogP contribution in [0.1, 0.15) is 43.5 Å². The molecule has 8 nitrogen and oxygen atoms in total. The number of aromatic nitrogens is 2. The molecule has 152 valence electrons. The maximum atomic E-state index is 12.8. The molecular weight excluding hydrogens is 370 g/mol. The van der Waals surface area contributed by atoms with Gasteiger partial charge >= 0.3 is 6.03 Å². The van der Waals surface area contributed by atoms with E-state index in [1.807, 2.05) is 44.2 Å². The lowest BCUT2D eigenvalue weighted by Gasteiger charge is -2.30. The van der Waals surface area contributed by atoms with Gasteiger partial charge in [0.05, 0.1) is 22.8 Å². The van der Waals surface area contributed by atoms with Crippen molar-refractivity contribution in [2.75, 3.05) is 11.9 Å². The highest BCUT2D eigenvalue weighted by Gasteiger charge is 2.51. The molecule has 2 aromatic rings. The number of anilines is 1. The van der Waals surface area contributed by atoms with Gasteiger partial charge in [-0.05, 0) is 38.8 Å². The van der Waals surface area contributed by atoms with E-state index in [1.165, 1.54) is 0 Å². The van der Waals surface area contributed by atoms with Gasteiger partial charge in [0.2, 0.25) is 5.91 Å². The Morgan fingerprint density at radius 2 is 1.83 bits per heavy atom. The average Bonchev–Trinajstić information content (AvgIpc) is 3.12. The van der Waals surface area contributed by atoms with Crippen LogP contribution in [0, 0.1) is 13.8 Å². The van der Waals surface area contributed by atoms with E-state index in [0.717, 1.165) is 35.5 Å². The van der Waals surface area contributed by atoms with E-state index < -0.39 is 17.5 Å². The van der Waals surface area contributed by atoms with Crippen LogP contribution in [0.25, 0.3) is 5.69 Å². The minimum Gasteiger partial charge on any atom is -0.323 e. The van der Waals surface area contributed by atoms with Crippen molar-refractivity contribution < 1.29 is 14.4 Å². The van der Waals surface area contributed by atoms with Gasteiger partial charge in [-0.2, -0.15) is 5.10 Å². The van der Waals surface area contributed by atoms with Gasteiger partial charge < -0.3 is 10.6 Å². The van der Waals surface area contributed by atoms with Crippen molar-refractivity contribution in [2.45, 2.75) is 51.5 Å². The average molecular weight is 395 g/mol. The molecule has 29 heavy (non-hydrogen) atoms. The first-order chi connectivity index (χ1) is 13.9. The second-order valence-corrected chi connectivity index (χ2v) is 7.81. The van der Waals surface area contributed by atoms with Crippen LogP contribution in [-0.2, 0) is 9.59 Å². The minimum atomic E-state index is -0.820. The Bertz CT molecular complexity index is 960. The molecule has 1 aliphatic carbocycles. The quantitative estimate of drug-likeness (QED) is 0.778. The second kappa shape index (κ2) is 7.35. The molecule has 0 atom stereocenters. The maximum absolute atomic E-state index is 12.8. The molecule has 1 aliphatic heterocycles. The monoisotopic (exact) mass is 395 g/mol. The number of urea groups is 1. The Kier molecular flexibility index (Phi) is 4.86.